The maximum Gasteiger partial charge on any atom is 0.343 e. The summed E-state index contributed by atoms with van der Waals surface area (Å²) in [5.41, 5.74) is 4.56. The van der Waals surface area contributed by atoms with Crippen LogP contribution in [-0.4, -0.2) is 28.3 Å². The molecule has 0 aliphatic rings. The van der Waals surface area contributed by atoms with Gasteiger partial charge in [0.1, 0.15) is 5.75 Å². The van der Waals surface area contributed by atoms with E-state index in [-0.39, 0.29) is 5.69 Å². The molecule has 0 saturated heterocycles. The number of aromatic nitrogens is 2. The highest BCUT2D eigenvalue weighted by atomic mass is 16.5. The fourth-order valence-corrected chi connectivity index (χ4v) is 2.16. The zero-order chi connectivity index (χ0) is 18.4. The van der Waals surface area contributed by atoms with Gasteiger partial charge < -0.3 is 4.74 Å². The summed E-state index contributed by atoms with van der Waals surface area (Å²) < 4.78 is 5.34. The molecule has 0 aliphatic carbocycles. The molecule has 0 spiro atoms. The number of H-pyrrole nitrogens is 1. The maximum atomic E-state index is 12.1. The van der Waals surface area contributed by atoms with Crippen molar-refractivity contribution in [3.63, 3.8) is 0 Å². The fraction of sp³-hybridized carbons (Fsp3) is 0.0526. The predicted molar refractivity (Wildman–Crippen MR) is 96.2 cm³/mol. The number of benzene rings is 2. The second-order valence-electron chi connectivity index (χ2n) is 5.46. The van der Waals surface area contributed by atoms with Crippen LogP contribution in [0.5, 0.6) is 5.75 Å². The zero-order valence-corrected chi connectivity index (χ0v) is 14.0. The van der Waals surface area contributed by atoms with E-state index < -0.39 is 11.9 Å². The van der Waals surface area contributed by atoms with Crippen LogP contribution in [0.15, 0.2) is 65.8 Å². The molecule has 0 saturated carbocycles. The van der Waals surface area contributed by atoms with Crippen molar-refractivity contribution in [1.82, 2.24) is 15.6 Å². The summed E-state index contributed by atoms with van der Waals surface area (Å²) in [6.07, 6.45) is 1.46. The molecule has 0 radical (unpaired) electrons. The number of hydrazone groups is 1. The van der Waals surface area contributed by atoms with Crippen molar-refractivity contribution < 1.29 is 14.3 Å². The van der Waals surface area contributed by atoms with E-state index in [1.54, 1.807) is 61.5 Å². The number of esters is 1. The Balaban J connectivity index is 1.62. The molecule has 0 bridgehead atoms. The average Bonchev–Trinajstić information content (AvgIpc) is 3.09. The Kier molecular flexibility index (Phi) is 5.19. The van der Waals surface area contributed by atoms with Crippen molar-refractivity contribution in [2.75, 3.05) is 0 Å². The first-order chi connectivity index (χ1) is 12.6. The molecule has 1 heterocycles. The van der Waals surface area contributed by atoms with Gasteiger partial charge in [-0.3, -0.25) is 9.89 Å². The van der Waals surface area contributed by atoms with Gasteiger partial charge in [0.05, 0.1) is 11.8 Å². The minimum Gasteiger partial charge on any atom is -0.423 e. The third kappa shape index (κ3) is 4.41. The smallest absolute Gasteiger partial charge is 0.343 e. The van der Waals surface area contributed by atoms with Crippen molar-refractivity contribution in [2.24, 2.45) is 5.10 Å². The molecule has 7 heteroatoms. The lowest BCUT2D eigenvalue weighted by atomic mass is 10.2. The van der Waals surface area contributed by atoms with Crippen LogP contribution in [0.1, 0.15) is 32.1 Å². The molecule has 0 unspecified atom stereocenters. The molecule has 1 aromatic heterocycles. The Bertz CT molecular complexity index is 948. The Hall–Kier alpha value is -3.74. The second kappa shape index (κ2) is 7.89. The predicted octanol–water partition coefficient (Wildman–Crippen LogP) is 2.70. The lowest BCUT2D eigenvalue weighted by Crippen LogP contribution is -2.18. The van der Waals surface area contributed by atoms with E-state index in [1.165, 1.54) is 6.21 Å². The number of hydrogen-bond donors (Lipinski definition) is 2. The van der Waals surface area contributed by atoms with Crippen molar-refractivity contribution in [1.29, 1.82) is 0 Å². The first-order valence-electron chi connectivity index (χ1n) is 7.84. The minimum atomic E-state index is -0.443. The van der Waals surface area contributed by atoms with Gasteiger partial charge in [0.2, 0.25) is 0 Å². The van der Waals surface area contributed by atoms with Crippen LogP contribution in [0, 0.1) is 6.92 Å². The molecule has 0 atom stereocenters. The summed E-state index contributed by atoms with van der Waals surface area (Å²) in [4.78, 5) is 23.9. The van der Waals surface area contributed by atoms with Crippen LogP contribution in [0.2, 0.25) is 0 Å². The van der Waals surface area contributed by atoms with Gasteiger partial charge in [-0.15, -0.1) is 0 Å². The van der Waals surface area contributed by atoms with Gasteiger partial charge in [0.25, 0.3) is 5.91 Å². The molecule has 7 nitrogen and oxygen atoms in total. The van der Waals surface area contributed by atoms with E-state index in [0.717, 1.165) is 5.69 Å². The number of aromatic amines is 1. The van der Waals surface area contributed by atoms with Crippen LogP contribution in [0.3, 0.4) is 0 Å². The van der Waals surface area contributed by atoms with Gasteiger partial charge in [-0.25, -0.2) is 10.2 Å². The van der Waals surface area contributed by atoms with Crippen molar-refractivity contribution in [3.8, 4) is 5.75 Å². The average molecular weight is 348 g/mol. The van der Waals surface area contributed by atoms with E-state index >= 15 is 0 Å². The summed E-state index contributed by atoms with van der Waals surface area (Å²) >= 11 is 0. The molecule has 26 heavy (non-hydrogen) atoms. The lowest BCUT2D eigenvalue weighted by Gasteiger charge is -2.04. The number of nitrogens with zero attached hydrogens (tertiary/aromatic N) is 2. The Morgan fingerprint density at radius 2 is 1.92 bits per heavy atom. The fourth-order valence-electron chi connectivity index (χ4n) is 2.16. The molecule has 0 aliphatic heterocycles. The Morgan fingerprint density at radius 3 is 2.65 bits per heavy atom. The summed E-state index contributed by atoms with van der Waals surface area (Å²) in [7, 11) is 0. The van der Waals surface area contributed by atoms with Gasteiger partial charge in [-0.2, -0.15) is 10.2 Å². The standard InChI is InChI=1S/C19H16N4O3/c1-13-10-17(22-21-13)18(24)23-20-12-14-6-5-9-16(11-14)26-19(25)15-7-3-2-4-8-15/h2-12H,1H3,(H,21,22)(H,23,24). The van der Waals surface area contributed by atoms with Crippen molar-refractivity contribution in [3.05, 3.63) is 83.2 Å². The number of rotatable bonds is 5. The van der Waals surface area contributed by atoms with Gasteiger partial charge >= 0.3 is 5.97 Å². The minimum absolute atomic E-state index is 0.255. The van der Waals surface area contributed by atoms with Crippen molar-refractivity contribution in [2.45, 2.75) is 6.92 Å². The molecular weight excluding hydrogens is 332 g/mol. The third-order valence-corrected chi connectivity index (χ3v) is 3.40. The third-order valence-electron chi connectivity index (χ3n) is 3.40. The number of ether oxygens (including phenoxy) is 1. The lowest BCUT2D eigenvalue weighted by molar-refractivity contribution is 0.0734. The first kappa shape index (κ1) is 17.1. The summed E-state index contributed by atoms with van der Waals surface area (Å²) in [6.45, 7) is 1.80. The molecular formula is C19H16N4O3. The molecule has 1 amide bonds. The molecule has 3 aromatic rings. The van der Waals surface area contributed by atoms with Crippen LogP contribution in [-0.2, 0) is 0 Å². The SMILES string of the molecule is Cc1cc(C(=O)NN=Cc2cccc(OC(=O)c3ccccc3)c2)n[nH]1. The topological polar surface area (TPSA) is 96.4 Å². The quantitative estimate of drug-likeness (QED) is 0.321. The zero-order valence-electron chi connectivity index (χ0n) is 14.0. The van der Waals surface area contributed by atoms with Gasteiger partial charge in [0, 0.05) is 5.69 Å². The van der Waals surface area contributed by atoms with E-state index in [4.69, 9.17) is 4.74 Å². The first-order valence-corrected chi connectivity index (χ1v) is 7.84. The Labute approximate surface area is 149 Å². The number of hydrogen-bond acceptors (Lipinski definition) is 5. The molecule has 2 N–H and O–H groups in total. The van der Waals surface area contributed by atoms with E-state index in [1.807, 2.05) is 6.07 Å². The second-order valence-corrected chi connectivity index (χ2v) is 5.46. The van der Waals surface area contributed by atoms with Gasteiger partial charge in [-0.05, 0) is 42.8 Å². The molecule has 130 valence electrons. The van der Waals surface area contributed by atoms with Crippen LogP contribution >= 0.6 is 0 Å². The van der Waals surface area contributed by atoms with Gasteiger partial charge in [-0.1, -0.05) is 30.3 Å². The van der Waals surface area contributed by atoms with E-state index in [0.29, 0.717) is 16.9 Å². The van der Waals surface area contributed by atoms with Crippen LogP contribution in [0.25, 0.3) is 0 Å². The number of nitrogens with one attached hydrogen (secondary N) is 2. The van der Waals surface area contributed by atoms with Crippen molar-refractivity contribution >= 4 is 18.1 Å². The summed E-state index contributed by atoms with van der Waals surface area (Å²) in [5.74, 6) is -0.476. The number of amides is 1. The van der Waals surface area contributed by atoms with Crippen LogP contribution < -0.4 is 10.2 Å². The number of aryl methyl sites for hydroxylation is 1. The number of carbonyl (C=O) groups is 2. The largest absolute Gasteiger partial charge is 0.423 e. The van der Waals surface area contributed by atoms with Crippen LogP contribution in [0.4, 0.5) is 0 Å². The molecule has 0 fully saturated rings. The van der Waals surface area contributed by atoms with Gasteiger partial charge in [0.15, 0.2) is 5.69 Å². The van der Waals surface area contributed by atoms with E-state index in [9.17, 15) is 9.59 Å². The maximum absolute atomic E-state index is 12.1. The monoisotopic (exact) mass is 348 g/mol. The summed E-state index contributed by atoms with van der Waals surface area (Å²) in [5, 5.41) is 10.4. The molecule has 3 rings (SSSR count). The highest BCUT2D eigenvalue weighted by molar-refractivity contribution is 5.93. The normalized spacial score (nSPS) is 10.7. The summed E-state index contributed by atoms with van der Waals surface area (Å²) in [6, 6.07) is 17.2. The highest BCUT2D eigenvalue weighted by Crippen LogP contribution is 2.14. The molecule has 2 aromatic carbocycles. The van der Waals surface area contributed by atoms with E-state index in [2.05, 4.69) is 20.7 Å². The Morgan fingerprint density at radius 1 is 1.12 bits per heavy atom. The number of carbonyl (C=O) groups excluding carboxylic acids is 2. The highest BCUT2D eigenvalue weighted by Gasteiger charge is 2.09.